The molecule has 0 aliphatic rings. The van der Waals surface area contributed by atoms with Gasteiger partial charge in [-0.1, -0.05) is 18.2 Å². The van der Waals surface area contributed by atoms with Gasteiger partial charge >= 0.3 is 5.97 Å². The number of carbonyl (C=O) groups is 2. The van der Waals surface area contributed by atoms with Crippen LogP contribution >= 0.6 is 0 Å². The Labute approximate surface area is 116 Å². The quantitative estimate of drug-likeness (QED) is 0.934. The van der Waals surface area contributed by atoms with Crippen LogP contribution in [-0.2, 0) is 4.79 Å². The number of carbonyl (C=O) groups excluding carboxylic acids is 1. The lowest BCUT2D eigenvalue weighted by Gasteiger charge is -2.30. The van der Waals surface area contributed by atoms with E-state index in [1.165, 1.54) is 25.8 Å². The molecule has 0 aliphatic heterocycles. The van der Waals surface area contributed by atoms with Gasteiger partial charge in [-0.25, -0.2) is 4.79 Å². The van der Waals surface area contributed by atoms with Crippen LogP contribution in [-0.4, -0.2) is 34.5 Å². The van der Waals surface area contributed by atoms with Gasteiger partial charge in [-0.05, 0) is 32.4 Å². The second kappa shape index (κ2) is 4.67. The second-order valence-electron chi connectivity index (χ2n) is 5.33. The Morgan fingerprint density at radius 1 is 1.30 bits per heavy atom. The third-order valence-corrected chi connectivity index (χ3v) is 3.62. The number of likely N-dealkylation sites (N-methyl/N-ethyl adjacent to an activating group) is 1. The highest BCUT2D eigenvalue weighted by Crippen LogP contribution is 2.25. The van der Waals surface area contributed by atoms with Crippen molar-refractivity contribution in [2.75, 3.05) is 7.05 Å². The second-order valence-corrected chi connectivity index (χ2v) is 5.33. The van der Waals surface area contributed by atoms with Gasteiger partial charge in [-0.15, -0.1) is 0 Å². The zero-order chi connectivity index (χ0) is 15.1. The molecule has 0 spiro atoms. The Bertz CT molecular complexity index is 684. The molecule has 106 valence electrons. The molecule has 2 rings (SSSR count). The predicted molar refractivity (Wildman–Crippen MR) is 74.8 cm³/mol. The molecule has 0 saturated heterocycles. The summed E-state index contributed by atoms with van der Waals surface area (Å²) in [4.78, 5) is 24.7. The van der Waals surface area contributed by atoms with Gasteiger partial charge in [0.25, 0.3) is 5.91 Å². The molecular weight excluding hydrogens is 258 g/mol. The fraction of sp³-hybridized carbons (Fsp3) is 0.333. The molecular formula is C15H17NO4. The third kappa shape index (κ3) is 2.15. The fourth-order valence-electron chi connectivity index (χ4n) is 1.88. The zero-order valence-corrected chi connectivity index (χ0v) is 11.9. The summed E-state index contributed by atoms with van der Waals surface area (Å²) in [5.41, 5.74) is 0.282. The van der Waals surface area contributed by atoms with E-state index in [1.807, 2.05) is 25.1 Å². The maximum atomic E-state index is 12.3. The van der Waals surface area contributed by atoms with Crippen molar-refractivity contribution in [1.82, 2.24) is 4.90 Å². The lowest BCUT2D eigenvalue weighted by molar-refractivity contribution is -0.147. The van der Waals surface area contributed by atoms with Crippen LogP contribution in [0.4, 0.5) is 0 Å². The number of benzene rings is 1. The van der Waals surface area contributed by atoms with Crippen molar-refractivity contribution < 1.29 is 19.1 Å². The van der Waals surface area contributed by atoms with E-state index < -0.39 is 17.4 Å². The molecule has 1 N–H and O–H groups in total. The van der Waals surface area contributed by atoms with Crippen molar-refractivity contribution in [3.63, 3.8) is 0 Å². The molecule has 0 aliphatic carbocycles. The number of carboxylic acid groups (broad SMARTS) is 1. The minimum Gasteiger partial charge on any atom is -0.480 e. The fourth-order valence-corrected chi connectivity index (χ4v) is 1.88. The molecule has 1 amide bonds. The van der Waals surface area contributed by atoms with E-state index in [0.717, 1.165) is 10.9 Å². The van der Waals surface area contributed by atoms with Gasteiger partial charge in [-0.3, -0.25) is 4.79 Å². The lowest BCUT2D eigenvalue weighted by Crippen LogP contribution is -2.50. The number of hydrogen-bond donors (Lipinski definition) is 1. The number of hydrogen-bond acceptors (Lipinski definition) is 3. The number of rotatable bonds is 3. The smallest absolute Gasteiger partial charge is 0.329 e. The highest BCUT2D eigenvalue weighted by molar-refractivity contribution is 5.99. The molecule has 5 nitrogen and oxygen atoms in total. The standard InChI is InChI=1S/C15H17NO4/c1-9-6-5-7-10-8-11(20-12(9)10)13(17)16(4)15(2,3)14(18)19/h5-8H,1-4H3,(H,18,19). The molecule has 5 heteroatoms. The number of aryl methyl sites for hydroxylation is 1. The summed E-state index contributed by atoms with van der Waals surface area (Å²) >= 11 is 0. The number of para-hydroxylation sites is 1. The van der Waals surface area contributed by atoms with E-state index in [2.05, 4.69) is 0 Å². The van der Waals surface area contributed by atoms with Crippen LogP contribution in [0.1, 0.15) is 30.0 Å². The van der Waals surface area contributed by atoms with Crippen molar-refractivity contribution in [3.8, 4) is 0 Å². The summed E-state index contributed by atoms with van der Waals surface area (Å²) in [5.74, 6) is -1.38. The van der Waals surface area contributed by atoms with Gasteiger partial charge in [0.05, 0.1) is 0 Å². The van der Waals surface area contributed by atoms with Gasteiger partial charge in [-0.2, -0.15) is 0 Å². The van der Waals surface area contributed by atoms with Gasteiger partial charge in [0, 0.05) is 12.4 Å². The van der Waals surface area contributed by atoms with Gasteiger partial charge in [0.2, 0.25) is 0 Å². The molecule has 1 aromatic carbocycles. The predicted octanol–water partition coefficient (Wildman–Crippen LogP) is 2.68. The van der Waals surface area contributed by atoms with Crippen molar-refractivity contribution in [3.05, 3.63) is 35.6 Å². The average Bonchev–Trinajstić information content (AvgIpc) is 2.82. The van der Waals surface area contributed by atoms with Crippen molar-refractivity contribution >= 4 is 22.8 Å². The molecule has 20 heavy (non-hydrogen) atoms. The van der Waals surface area contributed by atoms with Crippen LogP contribution in [0.5, 0.6) is 0 Å². The van der Waals surface area contributed by atoms with E-state index in [4.69, 9.17) is 9.52 Å². The average molecular weight is 275 g/mol. The minimum absolute atomic E-state index is 0.145. The first-order chi connectivity index (χ1) is 9.25. The number of carboxylic acids is 1. The molecule has 1 heterocycles. The molecule has 0 unspecified atom stereocenters. The number of aliphatic carboxylic acids is 1. The van der Waals surface area contributed by atoms with E-state index >= 15 is 0 Å². The summed E-state index contributed by atoms with van der Waals surface area (Å²) in [7, 11) is 1.45. The maximum Gasteiger partial charge on any atom is 0.329 e. The van der Waals surface area contributed by atoms with Crippen LogP contribution in [0.25, 0.3) is 11.0 Å². The zero-order valence-electron chi connectivity index (χ0n) is 11.9. The number of amides is 1. The molecule has 1 aromatic heterocycles. The van der Waals surface area contributed by atoms with E-state index in [9.17, 15) is 9.59 Å². The first-order valence-electron chi connectivity index (χ1n) is 6.26. The van der Waals surface area contributed by atoms with E-state index in [-0.39, 0.29) is 5.76 Å². The molecule has 0 fully saturated rings. The Kier molecular flexibility index (Phi) is 3.29. The minimum atomic E-state index is -1.30. The van der Waals surface area contributed by atoms with Gasteiger partial charge in [0.1, 0.15) is 11.1 Å². The molecule has 0 saturated carbocycles. The summed E-state index contributed by atoms with van der Waals surface area (Å²) in [5, 5.41) is 10.00. The largest absolute Gasteiger partial charge is 0.480 e. The summed E-state index contributed by atoms with van der Waals surface area (Å²) in [6, 6.07) is 7.27. The van der Waals surface area contributed by atoms with Crippen LogP contribution in [0, 0.1) is 6.92 Å². The SMILES string of the molecule is Cc1cccc2cc(C(=O)N(C)C(C)(C)C(=O)O)oc12. The summed E-state index contributed by atoms with van der Waals surface area (Å²) in [6.45, 7) is 4.84. The molecule has 0 atom stereocenters. The molecule has 0 bridgehead atoms. The lowest BCUT2D eigenvalue weighted by atomic mass is 10.0. The first-order valence-corrected chi connectivity index (χ1v) is 6.26. The Hall–Kier alpha value is -2.30. The van der Waals surface area contributed by atoms with Crippen LogP contribution in [0.15, 0.2) is 28.7 Å². The Morgan fingerprint density at radius 3 is 2.50 bits per heavy atom. The van der Waals surface area contributed by atoms with Crippen molar-refractivity contribution in [1.29, 1.82) is 0 Å². The molecule has 0 radical (unpaired) electrons. The summed E-state index contributed by atoms with van der Waals surface area (Å²) in [6.07, 6.45) is 0. The normalized spacial score (nSPS) is 11.6. The number of nitrogens with zero attached hydrogens (tertiary/aromatic N) is 1. The number of furan rings is 1. The Morgan fingerprint density at radius 2 is 1.95 bits per heavy atom. The van der Waals surface area contributed by atoms with Crippen molar-refractivity contribution in [2.45, 2.75) is 26.3 Å². The van der Waals surface area contributed by atoms with Gasteiger partial charge < -0.3 is 14.4 Å². The van der Waals surface area contributed by atoms with Crippen LogP contribution < -0.4 is 0 Å². The monoisotopic (exact) mass is 275 g/mol. The van der Waals surface area contributed by atoms with Crippen molar-refractivity contribution in [2.24, 2.45) is 0 Å². The first kappa shape index (κ1) is 14.1. The summed E-state index contributed by atoms with van der Waals surface area (Å²) < 4.78 is 5.57. The highest BCUT2D eigenvalue weighted by Gasteiger charge is 2.36. The van der Waals surface area contributed by atoms with E-state index in [0.29, 0.717) is 5.58 Å². The van der Waals surface area contributed by atoms with Crippen LogP contribution in [0.2, 0.25) is 0 Å². The topological polar surface area (TPSA) is 70.8 Å². The maximum absolute atomic E-state index is 12.3. The molecule has 2 aromatic rings. The number of fused-ring (bicyclic) bond motifs is 1. The third-order valence-electron chi connectivity index (χ3n) is 3.62. The highest BCUT2D eigenvalue weighted by atomic mass is 16.4. The van der Waals surface area contributed by atoms with Gasteiger partial charge in [0.15, 0.2) is 5.76 Å². The van der Waals surface area contributed by atoms with Crippen LogP contribution in [0.3, 0.4) is 0 Å². The van der Waals surface area contributed by atoms with E-state index in [1.54, 1.807) is 6.07 Å². The Balaban J connectivity index is 2.41.